The van der Waals surface area contributed by atoms with Gasteiger partial charge in [-0.2, -0.15) is 0 Å². The Labute approximate surface area is 140 Å². The number of amides is 2. The second kappa shape index (κ2) is 9.39. The van der Waals surface area contributed by atoms with Crippen molar-refractivity contribution in [1.29, 1.82) is 0 Å². The summed E-state index contributed by atoms with van der Waals surface area (Å²) in [5.74, 6) is 0.345. The van der Waals surface area contributed by atoms with Gasteiger partial charge in [0, 0.05) is 26.6 Å². The van der Waals surface area contributed by atoms with E-state index in [9.17, 15) is 9.59 Å². The molecule has 1 aromatic heterocycles. The van der Waals surface area contributed by atoms with E-state index in [0.29, 0.717) is 31.9 Å². The number of carbonyl (C=O) groups is 2. The Morgan fingerprint density at radius 2 is 1.88 bits per heavy atom. The molecule has 8 nitrogen and oxygen atoms in total. The summed E-state index contributed by atoms with van der Waals surface area (Å²) in [6.45, 7) is 3.14. The summed E-state index contributed by atoms with van der Waals surface area (Å²) in [6, 6.07) is 10.0. The largest absolute Gasteiger partial charge is 0.356 e. The molecule has 1 heterocycles. The molecule has 0 aliphatic heterocycles. The second-order valence-electron chi connectivity index (χ2n) is 5.42. The van der Waals surface area contributed by atoms with Gasteiger partial charge in [-0.15, -0.1) is 5.10 Å². The minimum atomic E-state index is -0.131. The van der Waals surface area contributed by atoms with E-state index in [-0.39, 0.29) is 18.2 Å². The van der Waals surface area contributed by atoms with Crippen molar-refractivity contribution in [2.45, 2.75) is 32.7 Å². The van der Waals surface area contributed by atoms with Crippen LogP contribution in [0.25, 0.3) is 0 Å². The highest BCUT2D eigenvalue weighted by Crippen LogP contribution is 2.02. The summed E-state index contributed by atoms with van der Waals surface area (Å²) in [6.07, 6.45) is 1.63. The highest BCUT2D eigenvalue weighted by molar-refractivity contribution is 5.77. The second-order valence-corrected chi connectivity index (χ2v) is 5.42. The third-order valence-corrected chi connectivity index (χ3v) is 3.43. The molecular weight excluding hydrogens is 308 g/mol. The fraction of sp³-hybridized carbons (Fsp3) is 0.438. The molecular formula is C16H22N6O2. The van der Waals surface area contributed by atoms with Gasteiger partial charge in [-0.25, -0.2) is 4.68 Å². The minimum Gasteiger partial charge on any atom is -0.356 e. The van der Waals surface area contributed by atoms with E-state index in [1.54, 1.807) is 4.68 Å². The lowest BCUT2D eigenvalue weighted by molar-refractivity contribution is -0.120. The number of aromatic nitrogens is 4. The number of hydrogen-bond donors (Lipinski definition) is 2. The van der Waals surface area contributed by atoms with Crippen molar-refractivity contribution in [1.82, 2.24) is 30.8 Å². The Morgan fingerprint density at radius 1 is 1.12 bits per heavy atom. The molecule has 0 atom stereocenters. The molecule has 2 amide bonds. The van der Waals surface area contributed by atoms with Crippen LogP contribution >= 0.6 is 0 Å². The lowest BCUT2D eigenvalue weighted by Crippen LogP contribution is -2.30. The topological polar surface area (TPSA) is 102 Å². The van der Waals surface area contributed by atoms with Gasteiger partial charge in [0.15, 0.2) is 5.82 Å². The van der Waals surface area contributed by atoms with Crippen LogP contribution in [0.15, 0.2) is 30.3 Å². The average Bonchev–Trinajstić information content (AvgIpc) is 3.00. The number of carbonyl (C=O) groups excluding carboxylic acids is 2. The van der Waals surface area contributed by atoms with Crippen LogP contribution in [0.4, 0.5) is 0 Å². The summed E-state index contributed by atoms with van der Waals surface area (Å²) in [4.78, 5) is 22.7. The summed E-state index contributed by atoms with van der Waals surface area (Å²) in [5.41, 5.74) is 1.20. The first-order chi connectivity index (χ1) is 11.6. The molecule has 0 radical (unpaired) electrons. The van der Waals surface area contributed by atoms with Crippen molar-refractivity contribution < 1.29 is 9.59 Å². The van der Waals surface area contributed by atoms with Crippen LogP contribution in [0.3, 0.4) is 0 Å². The van der Waals surface area contributed by atoms with Gasteiger partial charge >= 0.3 is 0 Å². The van der Waals surface area contributed by atoms with Crippen molar-refractivity contribution in [3.8, 4) is 0 Å². The van der Waals surface area contributed by atoms with E-state index < -0.39 is 0 Å². The van der Waals surface area contributed by atoms with Crippen LogP contribution in [0, 0.1) is 0 Å². The summed E-state index contributed by atoms with van der Waals surface area (Å²) >= 11 is 0. The molecule has 0 spiro atoms. The number of nitrogens with zero attached hydrogens (tertiary/aromatic N) is 4. The predicted molar refractivity (Wildman–Crippen MR) is 88.0 cm³/mol. The highest BCUT2D eigenvalue weighted by Gasteiger charge is 2.11. The maximum Gasteiger partial charge on any atom is 0.227 e. The number of rotatable bonds is 9. The van der Waals surface area contributed by atoms with Gasteiger partial charge in [0.2, 0.25) is 11.8 Å². The summed E-state index contributed by atoms with van der Waals surface area (Å²) in [5, 5.41) is 17.0. The first-order valence-corrected chi connectivity index (χ1v) is 7.95. The van der Waals surface area contributed by atoms with Crippen molar-refractivity contribution in [3.63, 3.8) is 0 Å². The zero-order valence-corrected chi connectivity index (χ0v) is 13.7. The molecule has 0 bridgehead atoms. The minimum absolute atomic E-state index is 0.0704. The number of nitrogens with one attached hydrogen (secondary N) is 2. The molecule has 0 saturated carbocycles. The van der Waals surface area contributed by atoms with Crippen molar-refractivity contribution in [3.05, 3.63) is 41.7 Å². The molecule has 0 saturated heterocycles. The summed E-state index contributed by atoms with van der Waals surface area (Å²) < 4.78 is 1.66. The van der Waals surface area contributed by atoms with E-state index in [2.05, 4.69) is 26.2 Å². The van der Waals surface area contributed by atoms with Crippen LogP contribution in [-0.2, 0) is 29.0 Å². The Kier molecular flexibility index (Phi) is 6.88. The third kappa shape index (κ3) is 6.15. The fourth-order valence-electron chi connectivity index (χ4n) is 2.19. The van der Waals surface area contributed by atoms with Gasteiger partial charge in [0.1, 0.15) is 0 Å². The molecule has 2 aromatic rings. The first kappa shape index (κ1) is 17.6. The Balaban J connectivity index is 1.73. The molecule has 128 valence electrons. The molecule has 0 aliphatic rings. The lowest BCUT2D eigenvalue weighted by Gasteiger charge is -2.07. The zero-order chi connectivity index (χ0) is 17.2. The molecule has 8 heteroatoms. The van der Waals surface area contributed by atoms with E-state index in [1.807, 2.05) is 30.3 Å². The molecule has 0 aliphatic carbocycles. The van der Waals surface area contributed by atoms with E-state index in [1.165, 1.54) is 12.5 Å². The smallest absolute Gasteiger partial charge is 0.227 e. The zero-order valence-electron chi connectivity index (χ0n) is 13.7. The van der Waals surface area contributed by atoms with Gasteiger partial charge in [-0.1, -0.05) is 30.3 Å². The Morgan fingerprint density at radius 3 is 2.62 bits per heavy atom. The quantitative estimate of drug-likeness (QED) is 0.635. The molecule has 2 N–H and O–H groups in total. The Hall–Kier alpha value is -2.77. The third-order valence-electron chi connectivity index (χ3n) is 3.43. The van der Waals surface area contributed by atoms with Crippen molar-refractivity contribution in [2.75, 3.05) is 13.1 Å². The van der Waals surface area contributed by atoms with Crippen LogP contribution in [0.2, 0.25) is 0 Å². The maximum atomic E-state index is 11.9. The van der Waals surface area contributed by atoms with Crippen molar-refractivity contribution >= 4 is 11.8 Å². The van der Waals surface area contributed by atoms with Gasteiger partial charge in [0.05, 0.1) is 6.42 Å². The van der Waals surface area contributed by atoms with Crippen LogP contribution in [-0.4, -0.2) is 45.1 Å². The van der Waals surface area contributed by atoms with E-state index >= 15 is 0 Å². The summed E-state index contributed by atoms with van der Waals surface area (Å²) in [7, 11) is 0. The number of benzene rings is 1. The monoisotopic (exact) mass is 330 g/mol. The molecule has 1 aromatic carbocycles. The Bertz CT molecular complexity index is 656. The number of tetrazole rings is 1. The van der Waals surface area contributed by atoms with Crippen LogP contribution < -0.4 is 10.6 Å². The van der Waals surface area contributed by atoms with E-state index in [4.69, 9.17) is 0 Å². The molecule has 0 unspecified atom stereocenters. The first-order valence-electron chi connectivity index (χ1n) is 7.95. The number of hydrogen-bond acceptors (Lipinski definition) is 5. The predicted octanol–water partition coefficient (Wildman–Crippen LogP) is 0.101. The lowest BCUT2D eigenvalue weighted by atomic mass is 10.1. The van der Waals surface area contributed by atoms with Gasteiger partial charge in [0.25, 0.3) is 0 Å². The standard InChI is InChI=1S/C16H22N6O2/c1-13(23)17-9-5-10-18-16(24)12-15-19-20-21-22(15)11-8-14-6-3-2-4-7-14/h2-4,6-7H,5,8-12H2,1H3,(H,17,23)(H,18,24). The van der Waals surface area contributed by atoms with E-state index in [0.717, 1.165) is 6.42 Å². The SMILES string of the molecule is CC(=O)NCCCNC(=O)Cc1nnnn1CCc1ccccc1. The normalized spacial score (nSPS) is 10.4. The van der Waals surface area contributed by atoms with Crippen LogP contribution in [0.5, 0.6) is 0 Å². The molecule has 2 rings (SSSR count). The van der Waals surface area contributed by atoms with Gasteiger partial charge in [-0.05, 0) is 28.8 Å². The number of aryl methyl sites for hydroxylation is 2. The van der Waals surface area contributed by atoms with Gasteiger partial charge in [-0.3, -0.25) is 9.59 Å². The fourth-order valence-corrected chi connectivity index (χ4v) is 2.19. The average molecular weight is 330 g/mol. The molecule has 0 fully saturated rings. The van der Waals surface area contributed by atoms with Crippen LogP contribution in [0.1, 0.15) is 24.7 Å². The van der Waals surface area contributed by atoms with Crippen molar-refractivity contribution in [2.24, 2.45) is 0 Å². The van der Waals surface area contributed by atoms with Gasteiger partial charge < -0.3 is 10.6 Å². The molecule has 24 heavy (non-hydrogen) atoms. The highest BCUT2D eigenvalue weighted by atomic mass is 16.2. The maximum absolute atomic E-state index is 11.9.